The van der Waals surface area contributed by atoms with Gasteiger partial charge < -0.3 is 10.6 Å². The Bertz CT molecular complexity index is 444. The molecule has 2 rings (SSSR count). The summed E-state index contributed by atoms with van der Waals surface area (Å²) < 4.78 is 0. The van der Waals surface area contributed by atoms with Gasteiger partial charge in [-0.05, 0) is 30.9 Å². The zero-order chi connectivity index (χ0) is 13.2. The summed E-state index contributed by atoms with van der Waals surface area (Å²) in [7, 11) is 1.88. The quantitative estimate of drug-likeness (QED) is 0.865. The van der Waals surface area contributed by atoms with Crippen LogP contribution in [-0.4, -0.2) is 30.9 Å². The van der Waals surface area contributed by atoms with Crippen molar-refractivity contribution >= 4 is 5.91 Å². The normalized spacial score (nSPS) is 25.1. The van der Waals surface area contributed by atoms with Crippen LogP contribution in [0.4, 0.5) is 0 Å². The number of benzene rings is 1. The third-order valence-corrected chi connectivity index (χ3v) is 4.28. The summed E-state index contributed by atoms with van der Waals surface area (Å²) in [5.74, 6) is 0.235. The topological polar surface area (TPSA) is 46.3 Å². The summed E-state index contributed by atoms with van der Waals surface area (Å²) in [6.07, 6.45) is 2.41. The van der Waals surface area contributed by atoms with E-state index < -0.39 is 0 Å². The van der Waals surface area contributed by atoms with Gasteiger partial charge in [0.15, 0.2) is 0 Å². The van der Waals surface area contributed by atoms with Crippen molar-refractivity contribution in [2.75, 3.05) is 20.1 Å². The Morgan fingerprint density at radius 1 is 1.33 bits per heavy atom. The lowest BCUT2D eigenvalue weighted by atomic mass is 9.73. The largest absolute Gasteiger partial charge is 0.346 e. The average molecular weight is 246 g/mol. The van der Waals surface area contributed by atoms with E-state index in [9.17, 15) is 4.79 Å². The second kappa shape index (κ2) is 5.11. The summed E-state index contributed by atoms with van der Waals surface area (Å²) in [5, 5.41) is 0. The van der Waals surface area contributed by atoms with Crippen molar-refractivity contribution < 1.29 is 4.79 Å². The van der Waals surface area contributed by atoms with Crippen LogP contribution in [0.2, 0.25) is 0 Å². The first-order valence-electron chi connectivity index (χ1n) is 6.59. The number of carbonyl (C=O) groups is 1. The van der Waals surface area contributed by atoms with Gasteiger partial charge >= 0.3 is 0 Å². The fraction of sp³-hybridized carbons (Fsp3) is 0.533. The Balaban J connectivity index is 2.37. The molecule has 1 saturated heterocycles. The van der Waals surface area contributed by atoms with Gasteiger partial charge in [0.05, 0.1) is 0 Å². The molecule has 0 aromatic heterocycles. The molecule has 1 amide bonds. The Kier molecular flexibility index (Phi) is 3.71. The number of hydrogen-bond acceptors (Lipinski definition) is 2. The third kappa shape index (κ3) is 2.27. The van der Waals surface area contributed by atoms with Crippen molar-refractivity contribution in [1.82, 2.24) is 4.90 Å². The van der Waals surface area contributed by atoms with E-state index in [0.29, 0.717) is 13.0 Å². The molecule has 98 valence electrons. The molecule has 1 aliphatic heterocycles. The van der Waals surface area contributed by atoms with Crippen molar-refractivity contribution in [2.24, 2.45) is 5.73 Å². The van der Waals surface area contributed by atoms with Gasteiger partial charge in [0.2, 0.25) is 5.91 Å². The van der Waals surface area contributed by atoms with E-state index in [-0.39, 0.29) is 11.3 Å². The maximum atomic E-state index is 11.8. The molecule has 3 nitrogen and oxygen atoms in total. The van der Waals surface area contributed by atoms with E-state index >= 15 is 0 Å². The van der Waals surface area contributed by atoms with E-state index in [1.54, 1.807) is 0 Å². The average Bonchev–Trinajstić information content (AvgIpc) is 2.53. The predicted octanol–water partition coefficient (Wildman–Crippen LogP) is 1.83. The molecule has 1 atom stereocenters. The van der Waals surface area contributed by atoms with Gasteiger partial charge in [-0.3, -0.25) is 4.79 Å². The molecule has 0 spiro atoms. The summed E-state index contributed by atoms with van der Waals surface area (Å²) in [6, 6.07) is 8.41. The number of nitrogens with two attached hydrogens (primary N) is 1. The molecule has 1 fully saturated rings. The van der Waals surface area contributed by atoms with E-state index in [0.717, 1.165) is 19.4 Å². The van der Waals surface area contributed by atoms with Gasteiger partial charge in [-0.2, -0.15) is 0 Å². The van der Waals surface area contributed by atoms with Crippen molar-refractivity contribution in [1.29, 1.82) is 0 Å². The van der Waals surface area contributed by atoms with Gasteiger partial charge in [-0.25, -0.2) is 0 Å². The minimum absolute atomic E-state index is 0.0359. The zero-order valence-corrected chi connectivity index (χ0v) is 11.3. The van der Waals surface area contributed by atoms with E-state index in [1.165, 1.54) is 11.1 Å². The number of nitrogens with zero attached hydrogens (tertiary/aromatic N) is 1. The zero-order valence-electron chi connectivity index (χ0n) is 11.3. The molecular formula is C15H22N2O. The highest BCUT2D eigenvalue weighted by molar-refractivity contribution is 5.76. The molecule has 0 radical (unpaired) electrons. The first kappa shape index (κ1) is 13.1. The highest BCUT2D eigenvalue weighted by atomic mass is 16.2. The number of likely N-dealkylation sites (tertiary alicyclic amines) is 1. The second-order valence-electron chi connectivity index (χ2n) is 5.36. The number of carbonyl (C=O) groups excluding carboxylic acids is 1. The van der Waals surface area contributed by atoms with Crippen LogP contribution in [0.3, 0.4) is 0 Å². The van der Waals surface area contributed by atoms with E-state index in [4.69, 9.17) is 5.73 Å². The van der Waals surface area contributed by atoms with Gasteiger partial charge in [0.25, 0.3) is 0 Å². The summed E-state index contributed by atoms with van der Waals surface area (Å²) in [4.78, 5) is 13.6. The molecule has 1 heterocycles. The van der Waals surface area contributed by atoms with Crippen LogP contribution >= 0.6 is 0 Å². The standard InChI is InChI=1S/C15H22N2O/c1-12-5-3-4-6-13(12)15(11-16)8-7-14(18)17(2)10-9-15/h3-6H,7-11,16H2,1-2H3. The molecule has 2 N–H and O–H groups in total. The number of rotatable bonds is 2. The smallest absolute Gasteiger partial charge is 0.222 e. The fourth-order valence-electron chi connectivity index (χ4n) is 2.92. The lowest BCUT2D eigenvalue weighted by Crippen LogP contribution is -2.36. The maximum absolute atomic E-state index is 11.8. The molecule has 18 heavy (non-hydrogen) atoms. The third-order valence-electron chi connectivity index (χ3n) is 4.28. The molecule has 3 heteroatoms. The molecule has 1 unspecified atom stereocenters. The van der Waals surface area contributed by atoms with Crippen LogP contribution in [0.5, 0.6) is 0 Å². The Labute approximate surface area is 109 Å². The van der Waals surface area contributed by atoms with Crippen LogP contribution < -0.4 is 5.73 Å². The van der Waals surface area contributed by atoms with Crippen molar-refractivity contribution in [2.45, 2.75) is 31.6 Å². The van der Waals surface area contributed by atoms with Crippen LogP contribution in [0.15, 0.2) is 24.3 Å². The molecule has 0 aliphatic carbocycles. The number of amides is 1. The van der Waals surface area contributed by atoms with Gasteiger partial charge in [0.1, 0.15) is 0 Å². The van der Waals surface area contributed by atoms with Crippen molar-refractivity contribution in [3.63, 3.8) is 0 Å². The van der Waals surface area contributed by atoms with Gasteiger partial charge in [-0.15, -0.1) is 0 Å². The fourth-order valence-corrected chi connectivity index (χ4v) is 2.92. The lowest BCUT2D eigenvalue weighted by Gasteiger charge is -2.33. The summed E-state index contributed by atoms with van der Waals surface area (Å²) in [6.45, 7) is 3.53. The van der Waals surface area contributed by atoms with E-state index in [1.807, 2.05) is 11.9 Å². The molecule has 1 aromatic carbocycles. The molecule has 1 aliphatic rings. The Morgan fingerprint density at radius 3 is 2.72 bits per heavy atom. The van der Waals surface area contributed by atoms with Gasteiger partial charge in [-0.1, -0.05) is 24.3 Å². The predicted molar refractivity (Wildman–Crippen MR) is 73.4 cm³/mol. The van der Waals surface area contributed by atoms with Crippen LogP contribution in [0.25, 0.3) is 0 Å². The number of hydrogen-bond donors (Lipinski definition) is 1. The minimum atomic E-state index is -0.0359. The summed E-state index contributed by atoms with van der Waals surface area (Å²) in [5.41, 5.74) is 8.63. The maximum Gasteiger partial charge on any atom is 0.222 e. The Hall–Kier alpha value is -1.35. The molecule has 0 bridgehead atoms. The SMILES string of the molecule is Cc1ccccc1C1(CN)CCC(=O)N(C)CC1. The van der Waals surface area contributed by atoms with Crippen molar-refractivity contribution in [3.05, 3.63) is 35.4 Å². The second-order valence-corrected chi connectivity index (χ2v) is 5.36. The highest BCUT2D eigenvalue weighted by Crippen LogP contribution is 2.36. The van der Waals surface area contributed by atoms with E-state index in [2.05, 4.69) is 31.2 Å². The molecule has 1 aromatic rings. The number of aryl methyl sites for hydroxylation is 1. The highest BCUT2D eigenvalue weighted by Gasteiger charge is 2.35. The summed E-state index contributed by atoms with van der Waals surface area (Å²) >= 11 is 0. The first-order chi connectivity index (χ1) is 8.59. The first-order valence-corrected chi connectivity index (χ1v) is 6.59. The van der Waals surface area contributed by atoms with Crippen molar-refractivity contribution in [3.8, 4) is 0 Å². The minimum Gasteiger partial charge on any atom is -0.346 e. The van der Waals surface area contributed by atoms with Crippen LogP contribution in [0.1, 0.15) is 30.4 Å². The molecular weight excluding hydrogens is 224 g/mol. The lowest BCUT2D eigenvalue weighted by molar-refractivity contribution is -0.129. The Morgan fingerprint density at radius 2 is 2.06 bits per heavy atom. The molecule has 0 saturated carbocycles. The van der Waals surface area contributed by atoms with Gasteiger partial charge in [0, 0.05) is 32.0 Å². The monoisotopic (exact) mass is 246 g/mol. The van der Waals surface area contributed by atoms with Crippen LogP contribution in [0, 0.1) is 6.92 Å². The van der Waals surface area contributed by atoms with Crippen LogP contribution in [-0.2, 0) is 10.2 Å².